The van der Waals surface area contributed by atoms with Crippen LogP contribution in [0.25, 0.3) is 10.6 Å². The molecule has 1 fully saturated rings. The number of Topliss-reactive ketones (excluding diaryl/α,β-unsaturated/α-hetero) is 1. The van der Waals surface area contributed by atoms with Crippen molar-refractivity contribution in [1.29, 1.82) is 0 Å². The van der Waals surface area contributed by atoms with Crippen molar-refractivity contribution in [3.63, 3.8) is 0 Å². The van der Waals surface area contributed by atoms with Gasteiger partial charge in [0.1, 0.15) is 5.01 Å². The summed E-state index contributed by atoms with van der Waals surface area (Å²) in [6, 6.07) is 14.0. The Bertz CT molecular complexity index is 1080. The molecule has 2 aliphatic heterocycles. The number of ketones is 1. The van der Waals surface area contributed by atoms with Gasteiger partial charge in [-0.25, -0.2) is 0 Å². The Morgan fingerprint density at radius 3 is 2.90 bits per heavy atom. The third-order valence-corrected chi connectivity index (χ3v) is 6.31. The summed E-state index contributed by atoms with van der Waals surface area (Å²) in [5, 5.41) is 16.8. The molecule has 0 spiro atoms. The van der Waals surface area contributed by atoms with Crippen LogP contribution in [0.3, 0.4) is 0 Å². The fourth-order valence-corrected chi connectivity index (χ4v) is 4.58. The van der Waals surface area contributed by atoms with E-state index in [4.69, 9.17) is 0 Å². The zero-order valence-electron chi connectivity index (χ0n) is 15.9. The predicted molar refractivity (Wildman–Crippen MR) is 116 cm³/mol. The van der Waals surface area contributed by atoms with Gasteiger partial charge in [-0.1, -0.05) is 35.6 Å². The van der Waals surface area contributed by atoms with Crippen LogP contribution in [0.2, 0.25) is 0 Å². The number of rotatable bonds is 5. The van der Waals surface area contributed by atoms with Gasteiger partial charge in [-0.2, -0.15) is 0 Å². The van der Waals surface area contributed by atoms with Gasteiger partial charge >= 0.3 is 0 Å². The van der Waals surface area contributed by atoms with Gasteiger partial charge < -0.3 is 10.6 Å². The molecule has 6 nitrogen and oxygen atoms in total. The van der Waals surface area contributed by atoms with Crippen LogP contribution in [0.4, 0.5) is 10.8 Å². The maximum absolute atomic E-state index is 12.8. The number of hydrogen-bond donors (Lipinski definition) is 2. The van der Waals surface area contributed by atoms with Crippen molar-refractivity contribution in [2.24, 2.45) is 10.9 Å². The van der Waals surface area contributed by atoms with E-state index in [0.717, 1.165) is 65.0 Å². The number of aliphatic imine (C=N–C) groups is 1. The molecule has 146 valence electrons. The summed E-state index contributed by atoms with van der Waals surface area (Å²) < 4.78 is 0. The first-order valence-electron chi connectivity index (χ1n) is 9.85. The van der Waals surface area contributed by atoms with E-state index in [2.05, 4.69) is 38.0 Å². The van der Waals surface area contributed by atoms with Gasteiger partial charge in [-0.15, -0.1) is 10.2 Å². The maximum atomic E-state index is 12.8. The highest BCUT2D eigenvalue weighted by Crippen LogP contribution is 2.30. The molecule has 0 saturated carbocycles. The molecule has 2 N–H and O–H groups in total. The average molecular weight is 404 g/mol. The third-order valence-electron chi connectivity index (χ3n) is 5.42. The van der Waals surface area contributed by atoms with Crippen molar-refractivity contribution < 1.29 is 4.79 Å². The molecule has 0 radical (unpaired) electrons. The summed E-state index contributed by atoms with van der Waals surface area (Å²) >= 11 is 1.48. The topological polar surface area (TPSA) is 79.3 Å². The molecule has 1 aromatic heterocycles. The maximum Gasteiger partial charge on any atom is 0.210 e. The molecule has 0 bridgehead atoms. The first kappa shape index (κ1) is 18.1. The summed E-state index contributed by atoms with van der Waals surface area (Å²) in [5.41, 5.74) is 5.04. The molecule has 0 aliphatic carbocycles. The summed E-state index contributed by atoms with van der Waals surface area (Å²) in [6.07, 6.45) is 3.71. The quantitative estimate of drug-likeness (QED) is 0.628. The van der Waals surface area contributed by atoms with E-state index in [1.165, 1.54) is 16.9 Å². The van der Waals surface area contributed by atoms with E-state index in [0.29, 0.717) is 0 Å². The lowest BCUT2D eigenvalue weighted by Gasteiger charge is -2.21. The second kappa shape index (κ2) is 7.85. The van der Waals surface area contributed by atoms with Crippen molar-refractivity contribution in [3.8, 4) is 10.6 Å². The molecule has 7 heteroatoms. The van der Waals surface area contributed by atoms with Gasteiger partial charge in [-0.05, 0) is 55.3 Å². The number of fused-ring (bicyclic) bond motifs is 1. The molecule has 0 atom stereocenters. The Balaban J connectivity index is 1.33. The van der Waals surface area contributed by atoms with Gasteiger partial charge in [0.25, 0.3) is 0 Å². The number of anilines is 2. The van der Waals surface area contributed by atoms with Crippen molar-refractivity contribution in [2.45, 2.75) is 19.4 Å². The van der Waals surface area contributed by atoms with Gasteiger partial charge in [0.2, 0.25) is 5.13 Å². The van der Waals surface area contributed by atoms with Crippen LogP contribution in [0.1, 0.15) is 34.3 Å². The second-order valence-corrected chi connectivity index (χ2v) is 8.37. The number of nitrogens with zero attached hydrogens (tertiary/aromatic N) is 3. The molecule has 3 aromatic rings. The molecular weight excluding hydrogens is 382 g/mol. The molecule has 1 saturated heterocycles. The fraction of sp³-hybridized carbons (Fsp3) is 0.273. The Labute approximate surface area is 173 Å². The minimum Gasteiger partial charge on any atom is -0.330 e. The lowest BCUT2D eigenvalue weighted by atomic mass is 9.89. The lowest BCUT2D eigenvalue weighted by Crippen LogP contribution is -2.31. The van der Waals surface area contributed by atoms with Crippen LogP contribution in [-0.2, 0) is 6.54 Å². The highest BCUT2D eigenvalue weighted by atomic mass is 32.1. The summed E-state index contributed by atoms with van der Waals surface area (Å²) in [5.74, 6) is 0.345. The zero-order chi connectivity index (χ0) is 19.6. The Hall–Kier alpha value is -2.90. The van der Waals surface area contributed by atoms with Crippen LogP contribution >= 0.6 is 11.3 Å². The van der Waals surface area contributed by atoms with E-state index < -0.39 is 0 Å². The molecule has 2 aliphatic rings. The zero-order valence-corrected chi connectivity index (χ0v) is 16.7. The fourth-order valence-electron chi connectivity index (χ4n) is 3.82. The SMILES string of the molecule is O=C(c1cccc(-c2nnc(Nc3ccc4c(c3)C=NC4)s2)c1)C1CCNCC1. The average Bonchev–Trinajstić information content (AvgIpc) is 3.43. The Morgan fingerprint density at radius 2 is 2.00 bits per heavy atom. The number of hydrogen-bond acceptors (Lipinski definition) is 7. The molecule has 2 aromatic carbocycles. The first-order valence-corrected chi connectivity index (χ1v) is 10.7. The lowest BCUT2D eigenvalue weighted by molar-refractivity contribution is 0.0895. The van der Waals surface area contributed by atoms with Crippen LogP contribution in [-0.4, -0.2) is 35.3 Å². The summed E-state index contributed by atoms with van der Waals surface area (Å²) in [4.78, 5) is 17.1. The minimum absolute atomic E-state index is 0.112. The molecule has 0 unspecified atom stereocenters. The number of nitrogens with one attached hydrogen (secondary N) is 2. The Kier molecular flexibility index (Phi) is 4.91. The van der Waals surface area contributed by atoms with E-state index in [9.17, 15) is 4.79 Å². The number of carbonyl (C=O) groups is 1. The van der Waals surface area contributed by atoms with Crippen molar-refractivity contribution in [3.05, 3.63) is 59.2 Å². The van der Waals surface area contributed by atoms with Crippen molar-refractivity contribution in [1.82, 2.24) is 15.5 Å². The van der Waals surface area contributed by atoms with Crippen LogP contribution < -0.4 is 10.6 Å². The van der Waals surface area contributed by atoms with Crippen LogP contribution in [0.15, 0.2) is 47.5 Å². The predicted octanol–water partition coefficient (Wildman–Crippen LogP) is 4.06. The number of aromatic nitrogens is 2. The molecule has 29 heavy (non-hydrogen) atoms. The summed E-state index contributed by atoms with van der Waals surface area (Å²) in [7, 11) is 0. The van der Waals surface area contributed by atoms with E-state index in [1.54, 1.807) is 0 Å². The molecule has 5 rings (SSSR count). The van der Waals surface area contributed by atoms with Gasteiger partial charge in [0.15, 0.2) is 5.78 Å². The summed E-state index contributed by atoms with van der Waals surface area (Å²) in [6.45, 7) is 2.58. The standard InChI is InChI=1S/C22H21N5OS/c28-20(14-6-8-23-9-7-14)15-2-1-3-16(10-15)21-26-27-22(29-21)25-19-5-4-17-12-24-13-18(17)11-19/h1-5,10-11,13-14,23H,6-9,12H2,(H,25,27). The van der Waals surface area contributed by atoms with Gasteiger partial charge in [0.05, 0.1) is 6.54 Å². The third kappa shape index (κ3) is 3.83. The first-order chi connectivity index (χ1) is 14.3. The molecular formula is C22H21N5OS. The largest absolute Gasteiger partial charge is 0.330 e. The highest BCUT2D eigenvalue weighted by molar-refractivity contribution is 7.18. The van der Waals surface area contributed by atoms with E-state index in [1.807, 2.05) is 36.5 Å². The van der Waals surface area contributed by atoms with Crippen molar-refractivity contribution in [2.75, 3.05) is 18.4 Å². The van der Waals surface area contributed by atoms with E-state index in [-0.39, 0.29) is 11.7 Å². The van der Waals surface area contributed by atoms with E-state index >= 15 is 0 Å². The monoisotopic (exact) mass is 403 g/mol. The molecule has 3 heterocycles. The second-order valence-electron chi connectivity index (χ2n) is 7.39. The number of piperidine rings is 1. The van der Waals surface area contributed by atoms with Crippen LogP contribution in [0.5, 0.6) is 0 Å². The smallest absolute Gasteiger partial charge is 0.210 e. The molecule has 0 amide bonds. The van der Waals surface area contributed by atoms with Crippen molar-refractivity contribution >= 4 is 34.2 Å². The number of benzene rings is 2. The van der Waals surface area contributed by atoms with Gasteiger partial charge in [-0.3, -0.25) is 9.79 Å². The van der Waals surface area contributed by atoms with Gasteiger partial charge in [0, 0.05) is 28.9 Å². The van der Waals surface area contributed by atoms with Crippen LogP contribution in [0, 0.1) is 5.92 Å². The normalized spacial score (nSPS) is 16.0. The highest BCUT2D eigenvalue weighted by Gasteiger charge is 2.22. The minimum atomic E-state index is 0.112. The number of carbonyl (C=O) groups excluding carboxylic acids is 1. The Morgan fingerprint density at radius 1 is 1.10 bits per heavy atom.